The number of anilines is 1. The van der Waals surface area contributed by atoms with Gasteiger partial charge in [0, 0.05) is 36.6 Å². The Morgan fingerprint density at radius 1 is 1.56 bits per heavy atom. The average molecular weight is 220 g/mol. The first kappa shape index (κ1) is 11.3. The molecule has 2 N–H and O–H groups in total. The highest BCUT2D eigenvalue weighted by Gasteiger charge is 2.25. The molecule has 0 aromatic carbocycles. The van der Waals surface area contributed by atoms with Gasteiger partial charge in [-0.05, 0) is 26.2 Å². The van der Waals surface area contributed by atoms with E-state index in [4.69, 9.17) is 5.73 Å². The zero-order valence-corrected chi connectivity index (χ0v) is 10.1. The maximum absolute atomic E-state index is 5.61. The van der Waals surface area contributed by atoms with E-state index in [0.29, 0.717) is 12.6 Å². The van der Waals surface area contributed by atoms with Crippen molar-refractivity contribution in [2.75, 3.05) is 11.4 Å². The Kier molecular flexibility index (Phi) is 3.39. The number of rotatable bonds is 3. The van der Waals surface area contributed by atoms with Crippen molar-refractivity contribution < 1.29 is 0 Å². The monoisotopic (exact) mass is 220 g/mol. The second-order valence-electron chi connectivity index (χ2n) is 4.38. The normalized spacial score (nSPS) is 20.4. The van der Waals surface area contributed by atoms with Gasteiger partial charge in [-0.15, -0.1) is 0 Å². The second kappa shape index (κ2) is 4.78. The lowest BCUT2D eigenvalue weighted by atomic mass is 10.2. The summed E-state index contributed by atoms with van der Waals surface area (Å²) in [6.07, 6.45) is 5.54. The van der Waals surface area contributed by atoms with Crippen LogP contribution in [0.15, 0.2) is 6.20 Å². The van der Waals surface area contributed by atoms with Crippen molar-refractivity contribution in [3.05, 3.63) is 17.5 Å². The van der Waals surface area contributed by atoms with Gasteiger partial charge in [-0.2, -0.15) is 0 Å². The van der Waals surface area contributed by atoms with Gasteiger partial charge in [0.25, 0.3) is 0 Å². The zero-order valence-electron chi connectivity index (χ0n) is 10.1. The highest BCUT2D eigenvalue weighted by molar-refractivity contribution is 5.35. The fraction of sp³-hybridized carbons (Fsp3) is 0.667. The minimum Gasteiger partial charge on any atom is -0.338 e. The third-order valence-corrected chi connectivity index (χ3v) is 3.39. The largest absolute Gasteiger partial charge is 0.338 e. The summed E-state index contributed by atoms with van der Waals surface area (Å²) in [5.74, 6) is 0.874. The molecule has 88 valence electrons. The minimum atomic E-state index is 0.517. The highest BCUT2D eigenvalue weighted by atomic mass is 15.3. The minimum absolute atomic E-state index is 0.517. The average Bonchev–Trinajstić information content (AvgIpc) is 2.77. The molecule has 4 heteroatoms. The molecule has 1 aliphatic rings. The Balaban J connectivity index is 2.23. The molecule has 0 bridgehead atoms. The van der Waals surface area contributed by atoms with E-state index in [0.717, 1.165) is 23.8 Å². The first-order chi connectivity index (χ1) is 7.76. The Morgan fingerprint density at radius 3 is 3.00 bits per heavy atom. The third kappa shape index (κ3) is 2.02. The van der Waals surface area contributed by atoms with Crippen LogP contribution in [0.4, 0.5) is 5.95 Å². The fourth-order valence-electron chi connectivity index (χ4n) is 2.34. The predicted molar refractivity (Wildman–Crippen MR) is 65.3 cm³/mol. The van der Waals surface area contributed by atoms with Gasteiger partial charge < -0.3 is 10.6 Å². The second-order valence-corrected chi connectivity index (χ2v) is 4.38. The molecule has 0 radical (unpaired) electrons. The van der Waals surface area contributed by atoms with Crippen molar-refractivity contribution in [3.63, 3.8) is 0 Å². The summed E-state index contributed by atoms with van der Waals surface area (Å²) in [5.41, 5.74) is 7.66. The zero-order chi connectivity index (χ0) is 11.5. The van der Waals surface area contributed by atoms with E-state index < -0.39 is 0 Å². The topological polar surface area (TPSA) is 55.0 Å². The standard InChI is InChI=1S/C12H20N4/c1-3-11-5-4-6-16(11)12-14-8-10(7-13)9(2)15-12/h8,11H,3-7,13H2,1-2H3. The summed E-state index contributed by atoms with van der Waals surface area (Å²) < 4.78 is 0. The van der Waals surface area contributed by atoms with Gasteiger partial charge in [0.15, 0.2) is 0 Å². The molecule has 2 rings (SSSR count). The summed E-state index contributed by atoms with van der Waals surface area (Å²) in [6.45, 7) is 5.83. The first-order valence-electron chi connectivity index (χ1n) is 6.05. The molecule has 16 heavy (non-hydrogen) atoms. The van der Waals surface area contributed by atoms with Crippen molar-refractivity contribution in [2.24, 2.45) is 5.73 Å². The van der Waals surface area contributed by atoms with Crippen LogP contribution in [0.2, 0.25) is 0 Å². The molecule has 4 nitrogen and oxygen atoms in total. The maximum atomic E-state index is 5.61. The van der Waals surface area contributed by atoms with E-state index in [1.165, 1.54) is 19.3 Å². The number of aryl methyl sites for hydroxylation is 1. The van der Waals surface area contributed by atoms with Crippen molar-refractivity contribution in [1.82, 2.24) is 9.97 Å². The third-order valence-electron chi connectivity index (χ3n) is 3.39. The van der Waals surface area contributed by atoms with Crippen molar-refractivity contribution in [1.29, 1.82) is 0 Å². The molecular weight excluding hydrogens is 200 g/mol. The Bertz CT molecular complexity index is 364. The predicted octanol–water partition coefficient (Wildman–Crippen LogP) is 1.62. The van der Waals surface area contributed by atoms with Crippen LogP contribution in [0.5, 0.6) is 0 Å². The molecule has 1 unspecified atom stereocenters. The smallest absolute Gasteiger partial charge is 0.225 e. The van der Waals surface area contributed by atoms with Crippen molar-refractivity contribution >= 4 is 5.95 Å². The lowest BCUT2D eigenvalue weighted by Gasteiger charge is -2.23. The number of nitrogens with two attached hydrogens (primary N) is 1. The van der Waals surface area contributed by atoms with Crippen LogP contribution in [0.1, 0.15) is 37.4 Å². The molecule has 2 heterocycles. The van der Waals surface area contributed by atoms with Gasteiger partial charge in [-0.25, -0.2) is 9.97 Å². The SMILES string of the molecule is CCC1CCCN1c1ncc(CN)c(C)n1. The molecule has 0 amide bonds. The van der Waals surface area contributed by atoms with E-state index in [2.05, 4.69) is 21.8 Å². The van der Waals surface area contributed by atoms with Crippen LogP contribution >= 0.6 is 0 Å². The number of hydrogen-bond donors (Lipinski definition) is 1. The summed E-state index contributed by atoms with van der Waals surface area (Å²) in [7, 11) is 0. The number of hydrogen-bond acceptors (Lipinski definition) is 4. The summed E-state index contributed by atoms with van der Waals surface area (Å²) in [6, 6.07) is 0.614. The van der Waals surface area contributed by atoms with Crippen LogP contribution < -0.4 is 10.6 Å². The quantitative estimate of drug-likeness (QED) is 0.841. The molecule has 1 atom stereocenters. The number of nitrogens with zero attached hydrogens (tertiary/aromatic N) is 3. The molecule has 1 aromatic heterocycles. The van der Waals surface area contributed by atoms with Gasteiger partial charge >= 0.3 is 0 Å². The summed E-state index contributed by atoms with van der Waals surface area (Å²) >= 11 is 0. The van der Waals surface area contributed by atoms with Crippen LogP contribution in [-0.4, -0.2) is 22.6 Å². The van der Waals surface area contributed by atoms with E-state index >= 15 is 0 Å². The van der Waals surface area contributed by atoms with E-state index in [1.54, 1.807) is 0 Å². The van der Waals surface area contributed by atoms with Gasteiger partial charge in [0.1, 0.15) is 0 Å². The van der Waals surface area contributed by atoms with Crippen LogP contribution in [0.3, 0.4) is 0 Å². The van der Waals surface area contributed by atoms with Crippen LogP contribution in [-0.2, 0) is 6.54 Å². The first-order valence-corrected chi connectivity index (χ1v) is 6.05. The molecule has 0 aliphatic carbocycles. The Morgan fingerprint density at radius 2 is 2.38 bits per heavy atom. The highest BCUT2D eigenvalue weighted by Crippen LogP contribution is 2.24. The maximum Gasteiger partial charge on any atom is 0.225 e. The Hall–Kier alpha value is -1.16. The lowest BCUT2D eigenvalue weighted by Crippen LogP contribution is -2.30. The summed E-state index contributed by atoms with van der Waals surface area (Å²) in [4.78, 5) is 11.3. The molecule has 0 saturated carbocycles. The molecule has 0 spiro atoms. The van der Waals surface area contributed by atoms with E-state index in [1.807, 2.05) is 13.1 Å². The summed E-state index contributed by atoms with van der Waals surface area (Å²) in [5, 5.41) is 0. The number of aromatic nitrogens is 2. The lowest BCUT2D eigenvalue weighted by molar-refractivity contribution is 0.633. The van der Waals surface area contributed by atoms with Gasteiger partial charge in [0.05, 0.1) is 0 Å². The van der Waals surface area contributed by atoms with Gasteiger partial charge in [-0.1, -0.05) is 6.92 Å². The molecule has 1 saturated heterocycles. The van der Waals surface area contributed by atoms with Crippen molar-refractivity contribution in [2.45, 2.75) is 45.7 Å². The van der Waals surface area contributed by atoms with E-state index in [-0.39, 0.29) is 0 Å². The molecule has 1 aliphatic heterocycles. The van der Waals surface area contributed by atoms with Crippen LogP contribution in [0.25, 0.3) is 0 Å². The molecular formula is C12H20N4. The van der Waals surface area contributed by atoms with Gasteiger partial charge in [0.2, 0.25) is 5.95 Å². The van der Waals surface area contributed by atoms with E-state index in [9.17, 15) is 0 Å². The van der Waals surface area contributed by atoms with Gasteiger partial charge in [-0.3, -0.25) is 0 Å². The molecule has 1 fully saturated rings. The Labute approximate surface area is 96.9 Å². The molecule has 1 aromatic rings. The van der Waals surface area contributed by atoms with Crippen molar-refractivity contribution in [3.8, 4) is 0 Å². The fourth-order valence-corrected chi connectivity index (χ4v) is 2.34. The van der Waals surface area contributed by atoms with Crippen LogP contribution in [0, 0.1) is 6.92 Å².